The molecule has 0 radical (unpaired) electrons. The van der Waals surface area contributed by atoms with E-state index >= 15 is 0 Å². The van der Waals surface area contributed by atoms with Gasteiger partial charge >= 0.3 is 5.97 Å². The van der Waals surface area contributed by atoms with E-state index in [0.29, 0.717) is 24.3 Å². The highest BCUT2D eigenvalue weighted by molar-refractivity contribution is 5.96. The zero-order valence-electron chi connectivity index (χ0n) is 13.0. The van der Waals surface area contributed by atoms with Gasteiger partial charge < -0.3 is 20.6 Å². The average Bonchev–Trinajstić information content (AvgIpc) is 2.47. The van der Waals surface area contributed by atoms with Gasteiger partial charge in [0.1, 0.15) is 0 Å². The molecule has 0 unspecified atom stereocenters. The van der Waals surface area contributed by atoms with Crippen LogP contribution in [0.3, 0.4) is 0 Å². The number of carbonyl (C=O) groups excluding carboxylic acids is 1. The van der Waals surface area contributed by atoms with Gasteiger partial charge in [0.2, 0.25) is 0 Å². The van der Waals surface area contributed by atoms with Gasteiger partial charge in [-0.3, -0.25) is 0 Å². The standard InChI is InChI=1S/C16H21FN2O3/c1-10(18)13(11(2)19)5-4-8-22-15-9-12(16(20)21-3)6-7-14(15)17/h6-7,9,18H,4-5,8,19H2,1-3H3/b13-11-,18-10?. The Balaban J connectivity index is 2.64. The van der Waals surface area contributed by atoms with E-state index in [1.54, 1.807) is 13.8 Å². The van der Waals surface area contributed by atoms with Crippen molar-refractivity contribution < 1.29 is 18.7 Å². The molecule has 0 aliphatic heterocycles. The van der Waals surface area contributed by atoms with Crippen molar-refractivity contribution in [3.8, 4) is 5.75 Å². The summed E-state index contributed by atoms with van der Waals surface area (Å²) >= 11 is 0. The molecule has 1 aromatic rings. The summed E-state index contributed by atoms with van der Waals surface area (Å²) in [4.78, 5) is 11.4. The minimum Gasteiger partial charge on any atom is -0.490 e. The molecular formula is C16H21FN2O3. The quantitative estimate of drug-likeness (QED) is 0.460. The lowest BCUT2D eigenvalue weighted by Crippen LogP contribution is -2.08. The number of nitrogens with one attached hydrogen (secondary N) is 1. The van der Waals surface area contributed by atoms with Crippen LogP contribution < -0.4 is 10.5 Å². The Bertz CT molecular complexity index is 593. The summed E-state index contributed by atoms with van der Waals surface area (Å²) in [6.45, 7) is 3.67. The van der Waals surface area contributed by atoms with Crippen LogP contribution in [-0.2, 0) is 4.74 Å². The zero-order chi connectivity index (χ0) is 16.7. The van der Waals surface area contributed by atoms with Crippen LogP contribution in [0.4, 0.5) is 4.39 Å². The highest BCUT2D eigenvalue weighted by Crippen LogP contribution is 2.20. The molecule has 120 valence electrons. The van der Waals surface area contributed by atoms with Crippen molar-refractivity contribution in [1.29, 1.82) is 5.41 Å². The van der Waals surface area contributed by atoms with E-state index in [9.17, 15) is 9.18 Å². The van der Waals surface area contributed by atoms with Crippen LogP contribution in [0.2, 0.25) is 0 Å². The summed E-state index contributed by atoms with van der Waals surface area (Å²) in [5.41, 5.74) is 7.73. The minimum absolute atomic E-state index is 0.00414. The Hall–Kier alpha value is -2.37. The van der Waals surface area contributed by atoms with E-state index in [4.69, 9.17) is 15.9 Å². The van der Waals surface area contributed by atoms with E-state index in [1.165, 1.54) is 25.3 Å². The number of hydrogen-bond acceptors (Lipinski definition) is 5. The highest BCUT2D eigenvalue weighted by Gasteiger charge is 2.11. The molecule has 1 aromatic carbocycles. The Labute approximate surface area is 129 Å². The Morgan fingerprint density at radius 3 is 2.59 bits per heavy atom. The first kappa shape index (κ1) is 17.7. The van der Waals surface area contributed by atoms with Crippen LogP contribution in [0.25, 0.3) is 0 Å². The first-order chi connectivity index (χ1) is 10.4. The van der Waals surface area contributed by atoms with Gasteiger partial charge in [-0.2, -0.15) is 0 Å². The average molecular weight is 308 g/mol. The normalized spacial score (nSPS) is 11.6. The first-order valence-corrected chi connectivity index (χ1v) is 6.88. The van der Waals surface area contributed by atoms with Crippen LogP contribution in [0.5, 0.6) is 5.75 Å². The number of benzene rings is 1. The second-order valence-corrected chi connectivity index (χ2v) is 4.88. The molecule has 6 heteroatoms. The van der Waals surface area contributed by atoms with Crippen molar-refractivity contribution in [2.24, 2.45) is 5.73 Å². The molecule has 0 spiro atoms. The van der Waals surface area contributed by atoms with Crippen molar-refractivity contribution >= 4 is 11.7 Å². The van der Waals surface area contributed by atoms with Crippen molar-refractivity contribution in [2.45, 2.75) is 26.7 Å². The highest BCUT2D eigenvalue weighted by atomic mass is 19.1. The lowest BCUT2D eigenvalue weighted by Gasteiger charge is -2.11. The number of hydrogen-bond donors (Lipinski definition) is 2. The van der Waals surface area contributed by atoms with Crippen LogP contribution in [0, 0.1) is 11.2 Å². The predicted octanol–water partition coefficient (Wildman–Crippen LogP) is 3.04. The van der Waals surface area contributed by atoms with E-state index < -0.39 is 11.8 Å². The summed E-state index contributed by atoms with van der Waals surface area (Å²) in [6.07, 6.45) is 1.16. The Morgan fingerprint density at radius 2 is 2.05 bits per heavy atom. The third kappa shape index (κ3) is 4.87. The topological polar surface area (TPSA) is 85.4 Å². The molecule has 0 bridgehead atoms. The van der Waals surface area contributed by atoms with Crippen molar-refractivity contribution in [1.82, 2.24) is 0 Å². The van der Waals surface area contributed by atoms with Crippen LogP contribution >= 0.6 is 0 Å². The Kier molecular flexibility index (Phi) is 6.56. The maximum absolute atomic E-state index is 13.6. The molecule has 0 saturated carbocycles. The lowest BCUT2D eigenvalue weighted by molar-refractivity contribution is 0.0600. The number of ether oxygens (including phenoxy) is 2. The summed E-state index contributed by atoms with van der Waals surface area (Å²) in [7, 11) is 1.26. The number of methoxy groups -OCH3 is 1. The number of allylic oxidation sites excluding steroid dienone is 2. The Morgan fingerprint density at radius 1 is 1.36 bits per heavy atom. The predicted molar refractivity (Wildman–Crippen MR) is 82.8 cm³/mol. The third-order valence-corrected chi connectivity index (χ3v) is 3.11. The molecule has 0 saturated heterocycles. The van der Waals surface area contributed by atoms with Crippen LogP contribution in [-0.4, -0.2) is 25.4 Å². The van der Waals surface area contributed by atoms with Crippen molar-refractivity contribution in [3.05, 3.63) is 40.8 Å². The largest absolute Gasteiger partial charge is 0.490 e. The van der Waals surface area contributed by atoms with E-state index in [0.717, 1.165) is 5.57 Å². The lowest BCUT2D eigenvalue weighted by atomic mass is 10.0. The maximum Gasteiger partial charge on any atom is 0.337 e. The third-order valence-electron chi connectivity index (χ3n) is 3.11. The second kappa shape index (κ2) is 8.17. The van der Waals surface area contributed by atoms with E-state index in [1.807, 2.05) is 0 Å². The summed E-state index contributed by atoms with van der Waals surface area (Å²) in [5.74, 6) is -1.08. The minimum atomic E-state index is -0.548. The van der Waals surface area contributed by atoms with Gasteiger partial charge in [0.05, 0.1) is 19.3 Å². The van der Waals surface area contributed by atoms with Gasteiger partial charge in [0, 0.05) is 11.4 Å². The molecule has 0 aliphatic rings. The molecule has 0 atom stereocenters. The zero-order valence-corrected chi connectivity index (χ0v) is 13.0. The van der Waals surface area contributed by atoms with Gasteiger partial charge in [-0.05, 0) is 50.5 Å². The summed E-state index contributed by atoms with van der Waals surface area (Å²) in [5, 5.41) is 7.62. The smallest absolute Gasteiger partial charge is 0.337 e. The summed E-state index contributed by atoms with van der Waals surface area (Å²) < 4.78 is 23.6. The molecule has 0 aliphatic carbocycles. The number of halogens is 1. The van der Waals surface area contributed by atoms with Crippen molar-refractivity contribution in [2.75, 3.05) is 13.7 Å². The van der Waals surface area contributed by atoms with E-state index in [2.05, 4.69) is 4.74 Å². The molecule has 3 N–H and O–H groups in total. The number of esters is 1. The van der Waals surface area contributed by atoms with Crippen molar-refractivity contribution in [3.63, 3.8) is 0 Å². The van der Waals surface area contributed by atoms with Crippen LogP contribution in [0.1, 0.15) is 37.0 Å². The molecule has 22 heavy (non-hydrogen) atoms. The molecule has 5 nitrogen and oxygen atoms in total. The maximum atomic E-state index is 13.6. The second-order valence-electron chi connectivity index (χ2n) is 4.88. The van der Waals surface area contributed by atoms with Gasteiger partial charge in [0.25, 0.3) is 0 Å². The van der Waals surface area contributed by atoms with Gasteiger partial charge in [-0.25, -0.2) is 9.18 Å². The van der Waals surface area contributed by atoms with E-state index in [-0.39, 0.29) is 17.9 Å². The first-order valence-electron chi connectivity index (χ1n) is 6.88. The van der Waals surface area contributed by atoms with Gasteiger partial charge in [0.15, 0.2) is 11.6 Å². The molecular weight excluding hydrogens is 287 g/mol. The summed E-state index contributed by atoms with van der Waals surface area (Å²) in [6, 6.07) is 3.82. The fourth-order valence-electron chi connectivity index (χ4n) is 1.97. The fraction of sp³-hybridized carbons (Fsp3) is 0.375. The molecule has 0 heterocycles. The molecule has 0 fully saturated rings. The monoisotopic (exact) mass is 308 g/mol. The number of carbonyl (C=O) groups is 1. The number of nitrogens with two attached hydrogens (primary N) is 1. The molecule has 0 aromatic heterocycles. The van der Waals surface area contributed by atoms with Crippen LogP contribution in [0.15, 0.2) is 29.5 Å². The van der Waals surface area contributed by atoms with Gasteiger partial charge in [-0.15, -0.1) is 0 Å². The molecule has 0 amide bonds. The van der Waals surface area contributed by atoms with Gasteiger partial charge in [-0.1, -0.05) is 0 Å². The molecule has 1 rings (SSSR count). The fourth-order valence-corrected chi connectivity index (χ4v) is 1.97. The number of rotatable bonds is 7. The SMILES string of the molecule is COC(=O)c1ccc(F)c(OCCC/C(C(C)=N)=C(\C)N)c1.